The van der Waals surface area contributed by atoms with Crippen molar-refractivity contribution in [3.63, 3.8) is 0 Å². The van der Waals surface area contributed by atoms with Gasteiger partial charge in [0.05, 0.1) is 0 Å². The standard InChI is InChI=1S/C17H21NO/c1-13-8-9-16(14(2)12-13)19-17(10-11-18)15-6-4-3-5-7-15/h3-9,12,17H,10-11,18H2,1-2H3. The quantitative estimate of drug-likeness (QED) is 0.882. The summed E-state index contributed by atoms with van der Waals surface area (Å²) in [4.78, 5) is 0. The van der Waals surface area contributed by atoms with Crippen molar-refractivity contribution in [2.75, 3.05) is 6.54 Å². The average Bonchev–Trinajstić information content (AvgIpc) is 2.42. The van der Waals surface area contributed by atoms with Crippen LogP contribution in [0.4, 0.5) is 0 Å². The highest BCUT2D eigenvalue weighted by molar-refractivity contribution is 5.36. The van der Waals surface area contributed by atoms with E-state index in [1.807, 2.05) is 24.3 Å². The number of rotatable bonds is 5. The van der Waals surface area contributed by atoms with Crippen LogP contribution < -0.4 is 10.5 Å². The second-order valence-corrected chi connectivity index (χ2v) is 4.86. The first-order valence-electron chi connectivity index (χ1n) is 6.69. The van der Waals surface area contributed by atoms with Gasteiger partial charge in [0.25, 0.3) is 0 Å². The highest BCUT2D eigenvalue weighted by Gasteiger charge is 2.13. The third kappa shape index (κ3) is 3.58. The summed E-state index contributed by atoms with van der Waals surface area (Å²) in [5.74, 6) is 0.938. The molecule has 0 heterocycles. The van der Waals surface area contributed by atoms with Crippen LogP contribution in [0.2, 0.25) is 0 Å². The summed E-state index contributed by atoms with van der Waals surface area (Å²) in [5, 5.41) is 0. The van der Waals surface area contributed by atoms with Gasteiger partial charge in [0.1, 0.15) is 11.9 Å². The minimum absolute atomic E-state index is 0.0209. The van der Waals surface area contributed by atoms with Crippen molar-refractivity contribution in [2.45, 2.75) is 26.4 Å². The monoisotopic (exact) mass is 255 g/mol. The van der Waals surface area contributed by atoms with Crippen molar-refractivity contribution in [3.05, 3.63) is 65.2 Å². The molecule has 2 rings (SSSR count). The SMILES string of the molecule is Cc1ccc(OC(CCN)c2ccccc2)c(C)c1. The van der Waals surface area contributed by atoms with Gasteiger partial charge in [0.2, 0.25) is 0 Å². The lowest BCUT2D eigenvalue weighted by Crippen LogP contribution is -2.13. The Labute approximate surface area is 115 Å². The molecule has 2 N–H and O–H groups in total. The van der Waals surface area contributed by atoms with Gasteiger partial charge < -0.3 is 10.5 Å². The topological polar surface area (TPSA) is 35.2 Å². The number of aryl methyl sites for hydroxylation is 2. The summed E-state index contributed by atoms with van der Waals surface area (Å²) in [7, 11) is 0. The second-order valence-electron chi connectivity index (χ2n) is 4.86. The number of nitrogens with two attached hydrogens (primary N) is 1. The van der Waals surface area contributed by atoms with Crippen molar-refractivity contribution >= 4 is 0 Å². The Bertz CT molecular complexity index is 522. The molecule has 19 heavy (non-hydrogen) atoms. The molecule has 0 aliphatic rings. The van der Waals surface area contributed by atoms with E-state index in [2.05, 4.69) is 38.1 Å². The fourth-order valence-electron chi connectivity index (χ4n) is 2.20. The Morgan fingerprint density at radius 1 is 1.05 bits per heavy atom. The lowest BCUT2D eigenvalue weighted by atomic mass is 10.1. The van der Waals surface area contributed by atoms with Crippen LogP contribution in [0, 0.1) is 13.8 Å². The van der Waals surface area contributed by atoms with Crippen molar-refractivity contribution in [1.29, 1.82) is 0 Å². The lowest BCUT2D eigenvalue weighted by Gasteiger charge is -2.20. The molecule has 2 aromatic carbocycles. The summed E-state index contributed by atoms with van der Waals surface area (Å²) >= 11 is 0. The molecule has 0 saturated heterocycles. The minimum atomic E-state index is 0.0209. The van der Waals surface area contributed by atoms with Crippen LogP contribution >= 0.6 is 0 Å². The first-order valence-corrected chi connectivity index (χ1v) is 6.69. The largest absolute Gasteiger partial charge is 0.485 e. The highest BCUT2D eigenvalue weighted by Crippen LogP contribution is 2.27. The van der Waals surface area contributed by atoms with Gasteiger partial charge in [-0.3, -0.25) is 0 Å². The van der Waals surface area contributed by atoms with Crippen molar-refractivity contribution in [1.82, 2.24) is 0 Å². The van der Waals surface area contributed by atoms with E-state index < -0.39 is 0 Å². The maximum atomic E-state index is 6.15. The molecule has 0 spiro atoms. The predicted molar refractivity (Wildman–Crippen MR) is 79.4 cm³/mol. The van der Waals surface area contributed by atoms with E-state index in [0.29, 0.717) is 6.54 Å². The number of hydrogen-bond acceptors (Lipinski definition) is 2. The van der Waals surface area contributed by atoms with Gasteiger partial charge in [-0.2, -0.15) is 0 Å². The van der Waals surface area contributed by atoms with Gasteiger partial charge in [-0.15, -0.1) is 0 Å². The van der Waals surface area contributed by atoms with Gasteiger partial charge in [-0.25, -0.2) is 0 Å². The first kappa shape index (κ1) is 13.6. The van der Waals surface area contributed by atoms with Crippen LogP contribution in [0.1, 0.15) is 29.2 Å². The number of ether oxygens (including phenoxy) is 1. The molecular weight excluding hydrogens is 234 g/mol. The van der Waals surface area contributed by atoms with Crippen molar-refractivity contribution in [3.8, 4) is 5.75 Å². The second kappa shape index (κ2) is 6.39. The Kier molecular flexibility index (Phi) is 4.58. The molecule has 1 atom stereocenters. The summed E-state index contributed by atoms with van der Waals surface area (Å²) in [6.07, 6.45) is 0.838. The maximum absolute atomic E-state index is 6.15. The van der Waals surface area contributed by atoms with Gasteiger partial charge >= 0.3 is 0 Å². The molecule has 0 aliphatic carbocycles. The van der Waals surface area contributed by atoms with Gasteiger partial charge in [0.15, 0.2) is 0 Å². The fraction of sp³-hybridized carbons (Fsp3) is 0.294. The molecule has 0 radical (unpaired) electrons. The summed E-state index contributed by atoms with van der Waals surface area (Å²) < 4.78 is 6.15. The Morgan fingerprint density at radius 2 is 1.79 bits per heavy atom. The van der Waals surface area contributed by atoms with E-state index in [0.717, 1.165) is 17.7 Å². The zero-order valence-corrected chi connectivity index (χ0v) is 11.6. The Hall–Kier alpha value is -1.80. The number of hydrogen-bond donors (Lipinski definition) is 1. The summed E-state index contributed by atoms with van der Waals surface area (Å²) in [6.45, 7) is 4.78. The molecule has 0 amide bonds. The maximum Gasteiger partial charge on any atom is 0.125 e. The third-order valence-corrected chi connectivity index (χ3v) is 3.20. The van der Waals surface area contributed by atoms with E-state index in [4.69, 9.17) is 10.5 Å². The van der Waals surface area contributed by atoms with Crippen LogP contribution in [-0.4, -0.2) is 6.54 Å². The minimum Gasteiger partial charge on any atom is -0.485 e. The molecule has 1 unspecified atom stereocenters. The molecule has 2 heteroatoms. The normalized spacial score (nSPS) is 12.2. The van der Waals surface area contributed by atoms with Gasteiger partial charge in [-0.05, 0) is 37.6 Å². The van der Waals surface area contributed by atoms with Crippen LogP contribution in [0.15, 0.2) is 48.5 Å². The molecule has 0 bridgehead atoms. The summed E-state index contributed by atoms with van der Waals surface area (Å²) in [6, 6.07) is 16.5. The molecular formula is C17H21NO. The van der Waals surface area contributed by atoms with E-state index in [1.54, 1.807) is 0 Å². The smallest absolute Gasteiger partial charge is 0.125 e. The van der Waals surface area contributed by atoms with Crippen LogP contribution in [0.5, 0.6) is 5.75 Å². The van der Waals surface area contributed by atoms with Gasteiger partial charge in [-0.1, -0.05) is 48.0 Å². The molecule has 2 nitrogen and oxygen atoms in total. The highest BCUT2D eigenvalue weighted by atomic mass is 16.5. The zero-order chi connectivity index (χ0) is 13.7. The van der Waals surface area contributed by atoms with Crippen molar-refractivity contribution < 1.29 is 4.74 Å². The lowest BCUT2D eigenvalue weighted by molar-refractivity contribution is 0.196. The molecule has 0 aromatic heterocycles. The van der Waals surface area contributed by atoms with Crippen molar-refractivity contribution in [2.24, 2.45) is 5.73 Å². The summed E-state index contributed by atoms with van der Waals surface area (Å²) in [5.41, 5.74) is 9.29. The Balaban J connectivity index is 2.21. The molecule has 0 saturated carbocycles. The molecule has 0 aliphatic heterocycles. The molecule has 100 valence electrons. The zero-order valence-electron chi connectivity index (χ0n) is 11.6. The first-order chi connectivity index (χ1) is 9.20. The van der Waals surface area contributed by atoms with E-state index >= 15 is 0 Å². The molecule has 2 aromatic rings. The Morgan fingerprint density at radius 3 is 2.42 bits per heavy atom. The van der Waals surface area contributed by atoms with E-state index in [1.165, 1.54) is 11.1 Å². The van der Waals surface area contributed by atoms with Crippen LogP contribution in [0.25, 0.3) is 0 Å². The van der Waals surface area contributed by atoms with E-state index in [-0.39, 0.29) is 6.10 Å². The number of benzene rings is 2. The third-order valence-electron chi connectivity index (χ3n) is 3.20. The van der Waals surface area contributed by atoms with E-state index in [9.17, 15) is 0 Å². The average molecular weight is 255 g/mol. The van der Waals surface area contributed by atoms with Crippen LogP contribution in [0.3, 0.4) is 0 Å². The van der Waals surface area contributed by atoms with Gasteiger partial charge in [0, 0.05) is 6.42 Å². The van der Waals surface area contributed by atoms with Crippen LogP contribution in [-0.2, 0) is 0 Å². The fourth-order valence-corrected chi connectivity index (χ4v) is 2.20. The predicted octanol–water partition coefficient (Wildman–Crippen LogP) is 3.77. The molecule has 0 fully saturated rings.